The molecule has 0 radical (unpaired) electrons. The topological polar surface area (TPSA) is 52.7 Å². The number of anilines is 1. The predicted octanol–water partition coefficient (Wildman–Crippen LogP) is 3.42. The van der Waals surface area contributed by atoms with E-state index in [0.29, 0.717) is 29.4 Å². The van der Waals surface area contributed by atoms with Crippen LogP contribution in [0.2, 0.25) is 5.02 Å². The van der Waals surface area contributed by atoms with Crippen LogP contribution >= 0.6 is 11.6 Å². The molecule has 1 N–H and O–H groups in total. The molecule has 0 aliphatic heterocycles. The van der Waals surface area contributed by atoms with Crippen molar-refractivity contribution < 1.29 is 9.59 Å². The summed E-state index contributed by atoms with van der Waals surface area (Å²) in [5.41, 5.74) is 3.24. The van der Waals surface area contributed by atoms with Crippen LogP contribution in [0, 0.1) is 6.92 Å². The molecule has 0 unspecified atom stereocenters. The van der Waals surface area contributed by atoms with E-state index in [1.54, 1.807) is 43.3 Å². The third-order valence-electron chi connectivity index (χ3n) is 3.99. The Kier molecular flexibility index (Phi) is 6.77. The summed E-state index contributed by atoms with van der Waals surface area (Å²) in [5.74, 6) is -0.115. The lowest BCUT2D eigenvalue weighted by Gasteiger charge is -2.19. The van der Waals surface area contributed by atoms with Gasteiger partial charge in [0.1, 0.15) is 0 Å². The number of nitrogens with one attached hydrogen (secondary N) is 1. The molecule has 6 heteroatoms. The number of hydrogen-bond donors (Lipinski definition) is 1. The lowest BCUT2D eigenvalue weighted by Crippen LogP contribution is -2.34. The quantitative estimate of drug-likeness (QED) is 0.844. The zero-order valence-electron chi connectivity index (χ0n) is 15.5. The average Bonchev–Trinajstić information content (AvgIpc) is 2.58. The van der Waals surface area contributed by atoms with Gasteiger partial charge in [-0.1, -0.05) is 23.7 Å². The van der Waals surface area contributed by atoms with Gasteiger partial charge >= 0.3 is 0 Å². The van der Waals surface area contributed by atoms with E-state index in [0.717, 1.165) is 11.1 Å². The Bertz CT molecular complexity index is 788. The highest BCUT2D eigenvalue weighted by molar-refractivity contribution is 6.31. The molecular formula is C20H24ClN3O2. The summed E-state index contributed by atoms with van der Waals surface area (Å²) in [7, 11) is 5.38. The summed E-state index contributed by atoms with van der Waals surface area (Å²) in [6.45, 7) is 2.88. The van der Waals surface area contributed by atoms with E-state index < -0.39 is 0 Å². The minimum atomic E-state index is -0.172. The molecule has 0 fully saturated rings. The average molecular weight is 374 g/mol. The summed E-state index contributed by atoms with van der Waals surface area (Å²) >= 11 is 6.00. The van der Waals surface area contributed by atoms with Crippen LogP contribution in [0.4, 0.5) is 5.69 Å². The summed E-state index contributed by atoms with van der Waals surface area (Å²) in [5, 5.41) is 3.54. The number of carbonyl (C=O) groups excluding carboxylic acids is 2. The zero-order valence-corrected chi connectivity index (χ0v) is 16.3. The summed E-state index contributed by atoms with van der Waals surface area (Å²) in [4.78, 5) is 27.6. The monoisotopic (exact) mass is 373 g/mol. The Morgan fingerprint density at radius 3 is 2.27 bits per heavy atom. The number of nitrogens with zero attached hydrogens (tertiary/aromatic N) is 2. The molecule has 0 saturated heterocycles. The van der Waals surface area contributed by atoms with Crippen LogP contribution in [0.25, 0.3) is 0 Å². The molecule has 0 bridgehead atoms. The first-order valence-electron chi connectivity index (χ1n) is 8.31. The first-order chi connectivity index (χ1) is 12.3. The molecule has 0 atom stereocenters. The van der Waals surface area contributed by atoms with Crippen LogP contribution in [0.5, 0.6) is 0 Å². The van der Waals surface area contributed by atoms with E-state index in [9.17, 15) is 9.59 Å². The highest BCUT2D eigenvalue weighted by Gasteiger charge is 2.10. The molecule has 2 amide bonds. The van der Waals surface area contributed by atoms with Crippen LogP contribution < -0.4 is 5.32 Å². The summed E-state index contributed by atoms with van der Waals surface area (Å²) in [6, 6.07) is 12.8. The van der Waals surface area contributed by atoms with Crippen molar-refractivity contribution in [3.63, 3.8) is 0 Å². The molecule has 138 valence electrons. The lowest BCUT2D eigenvalue weighted by molar-refractivity contribution is -0.129. The van der Waals surface area contributed by atoms with Crippen molar-refractivity contribution in [2.24, 2.45) is 0 Å². The minimum Gasteiger partial charge on any atom is -0.348 e. The van der Waals surface area contributed by atoms with Gasteiger partial charge < -0.3 is 10.2 Å². The smallest absolute Gasteiger partial charge is 0.255 e. The highest BCUT2D eigenvalue weighted by Crippen LogP contribution is 2.20. The number of rotatable bonds is 6. The number of halogens is 1. The van der Waals surface area contributed by atoms with Crippen molar-refractivity contribution in [2.45, 2.75) is 13.5 Å². The van der Waals surface area contributed by atoms with Crippen LogP contribution in [0.1, 0.15) is 21.5 Å². The van der Waals surface area contributed by atoms with Crippen LogP contribution in [-0.4, -0.2) is 49.3 Å². The predicted molar refractivity (Wildman–Crippen MR) is 106 cm³/mol. The van der Waals surface area contributed by atoms with Gasteiger partial charge in [0.05, 0.1) is 6.54 Å². The van der Waals surface area contributed by atoms with Gasteiger partial charge in [0.2, 0.25) is 5.91 Å². The van der Waals surface area contributed by atoms with E-state index in [4.69, 9.17) is 11.6 Å². The Hall–Kier alpha value is -2.37. The highest BCUT2D eigenvalue weighted by atomic mass is 35.5. The molecule has 2 aromatic carbocycles. The van der Waals surface area contributed by atoms with Gasteiger partial charge in [-0.2, -0.15) is 0 Å². The third-order valence-corrected chi connectivity index (χ3v) is 4.41. The molecule has 0 aliphatic rings. The Labute approximate surface area is 159 Å². The van der Waals surface area contributed by atoms with Gasteiger partial charge in [0.15, 0.2) is 0 Å². The Morgan fingerprint density at radius 2 is 1.69 bits per heavy atom. The minimum absolute atomic E-state index is 0.0572. The molecule has 2 rings (SSSR count). The van der Waals surface area contributed by atoms with Gasteiger partial charge in [0, 0.05) is 36.9 Å². The van der Waals surface area contributed by atoms with Crippen molar-refractivity contribution in [1.29, 1.82) is 0 Å². The zero-order chi connectivity index (χ0) is 19.3. The number of benzene rings is 2. The molecule has 0 saturated carbocycles. The summed E-state index contributed by atoms with van der Waals surface area (Å²) in [6.07, 6.45) is 0. The third kappa shape index (κ3) is 5.58. The Morgan fingerprint density at radius 1 is 1.04 bits per heavy atom. The number of aryl methyl sites for hydroxylation is 1. The lowest BCUT2D eigenvalue weighted by atomic mass is 10.1. The fourth-order valence-corrected chi connectivity index (χ4v) is 2.54. The van der Waals surface area contributed by atoms with Crippen LogP contribution in [0.3, 0.4) is 0 Å². The standard InChI is InChI=1S/C20H24ClN3O2/c1-14-11-17(9-10-18(14)21)22-20(26)16-7-5-15(6-8-16)12-24(4)13-19(25)23(2)3/h5-11H,12-13H2,1-4H3,(H,22,26). The molecule has 0 spiro atoms. The SMILES string of the molecule is Cc1cc(NC(=O)c2ccc(CN(C)CC(=O)N(C)C)cc2)ccc1Cl. The largest absolute Gasteiger partial charge is 0.348 e. The number of amides is 2. The molecule has 0 aliphatic carbocycles. The number of hydrogen-bond acceptors (Lipinski definition) is 3. The van der Waals surface area contributed by atoms with Crippen molar-refractivity contribution in [3.05, 3.63) is 64.2 Å². The van der Waals surface area contributed by atoms with Crippen LogP contribution in [0.15, 0.2) is 42.5 Å². The van der Waals surface area contributed by atoms with Gasteiger partial charge in [-0.25, -0.2) is 0 Å². The van der Waals surface area contributed by atoms with E-state index in [1.807, 2.05) is 37.1 Å². The fraction of sp³-hybridized carbons (Fsp3) is 0.300. The first-order valence-corrected chi connectivity index (χ1v) is 8.69. The molecule has 0 heterocycles. The molecule has 0 aromatic heterocycles. The fourth-order valence-electron chi connectivity index (χ4n) is 2.43. The van der Waals surface area contributed by atoms with Gasteiger partial charge in [0.25, 0.3) is 5.91 Å². The van der Waals surface area contributed by atoms with Gasteiger partial charge in [-0.15, -0.1) is 0 Å². The second-order valence-corrected chi connectivity index (χ2v) is 6.98. The van der Waals surface area contributed by atoms with Crippen molar-refractivity contribution in [2.75, 3.05) is 33.0 Å². The first kappa shape index (κ1) is 19.9. The maximum Gasteiger partial charge on any atom is 0.255 e. The van der Waals surface area contributed by atoms with E-state index >= 15 is 0 Å². The van der Waals surface area contributed by atoms with E-state index in [2.05, 4.69) is 5.32 Å². The number of likely N-dealkylation sites (N-methyl/N-ethyl adjacent to an activating group) is 2. The van der Waals surface area contributed by atoms with Crippen LogP contribution in [-0.2, 0) is 11.3 Å². The molecule has 26 heavy (non-hydrogen) atoms. The second kappa shape index (κ2) is 8.83. The summed E-state index contributed by atoms with van der Waals surface area (Å²) < 4.78 is 0. The van der Waals surface area contributed by atoms with Gasteiger partial charge in [-0.3, -0.25) is 14.5 Å². The van der Waals surface area contributed by atoms with Crippen molar-refractivity contribution in [3.8, 4) is 0 Å². The van der Waals surface area contributed by atoms with Crippen molar-refractivity contribution >= 4 is 29.1 Å². The van der Waals surface area contributed by atoms with E-state index in [-0.39, 0.29) is 11.8 Å². The Balaban J connectivity index is 1.96. The van der Waals surface area contributed by atoms with E-state index in [1.165, 1.54) is 0 Å². The maximum absolute atomic E-state index is 12.4. The second-order valence-electron chi connectivity index (χ2n) is 6.58. The molecular weight excluding hydrogens is 350 g/mol. The molecule has 5 nitrogen and oxygen atoms in total. The maximum atomic E-state index is 12.4. The normalized spacial score (nSPS) is 10.7. The van der Waals surface area contributed by atoms with Gasteiger partial charge in [-0.05, 0) is 55.4 Å². The number of carbonyl (C=O) groups is 2. The van der Waals surface area contributed by atoms with Crippen molar-refractivity contribution in [1.82, 2.24) is 9.80 Å². The molecule has 2 aromatic rings.